The number of esters is 1. The van der Waals surface area contributed by atoms with Gasteiger partial charge in [0.25, 0.3) is 5.91 Å². The molecule has 1 aromatic carbocycles. The van der Waals surface area contributed by atoms with Crippen LogP contribution in [0.4, 0.5) is 4.79 Å². The molecule has 1 aliphatic carbocycles. The highest BCUT2D eigenvalue weighted by Crippen LogP contribution is 2.23. The van der Waals surface area contributed by atoms with E-state index in [0.717, 1.165) is 19.3 Å². The van der Waals surface area contributed by atoms with E-state index in [1.165, 1.54) is 25.7 Å². The second-order valence-corrected chi connectivity index (χ2v) is 6.19. The molecular formula is C18H24N2O5. The van der Waals surface area contributed by atoms with E-state index in [9.17, 15) is 14.4 Å². The number of benzene rings is 1. The zero-order valence-electron chi connectivity index (χ0n) is 14.5. The van der Waals surface area contributed by atoms with E-state index >= 15 is 0 Å². The predicted molar refractivity (Wildman–Crippen MR) is 91.4 cm³/mol. The summed E-state index contributed by atoms with van der Waals surface area (Å²) in [6, 6.07) is 5.81. The van der Waals surface area contributed by atoms with Gasteiger partial charge in [0.2, 0.25) is 0 Å². The lowest BCUT2D eigenvalue weighted by Crippen LogP contribution is -2.48. The number of methoxy groups -OCH3 is 1. The first-order chi connectivity index (χ1) is 12.0. The van der Waals surface area contributed by atoms with E-state index in [-0.39, 0.29) is 12.6 Å². The van der Waals surface area contributed by atoms with Crippen molar-refractivity contribution in [3.05, 3.63) is 29.8 Å². The number of nitrogens with one attached hydrogen (secondary N) is 2. The maximum Gasteiger partial charge on any atom is 0.337 e. The molecule has 1 fully saturated rings. The van der Waals surface area contributed by atoms with E-state index in [1.807, 2.05) is 0 Å². The Labute approximate surface area is 147 Å². The molecule has 0 aromatic heterocycles. The highest BCUT2D eigenvalue weighted by molar-refractivity contribution is 5.95. The van der Waals surface area contributed by atoms with E-state index < -0.39 is 17.9 Å². The molecule has 0 radical (unpaired) electrons. The lowest BCUT2D eigenvalue weighted by atomic mass is 9.86. The first kappa shape index (κ1) is 18.8. The maximum absolute atomic E-state index is 11.9. The Morgan fingerprint density at radius 1 is 1.12 bits per heavy atom. The molecule has 7 heteroatoms. The summed E-state index contributed by atoms with van der Waals surface area (Å²) in [6.45, 7) is 1.82. The van der Waals surface area contributed by atoms with Crippen molar-refractivity contribution in [2.45, 2.75) is 38.6 Å². The highest BCUT2D eigenvalue weighted by atomic mass is 16.5. The standard InChI is InChI=1S/C18H24N2O5/c1-12-5-3-4-6-15(12)19-18(23)20-16(21)11-25-14-9-7-13(8-10-14)17(22)24-2/h7-10,12,15H,3-6,11H2,1-2H3,(H2,19,20,21,23)/t12-,15-/m1/s1. The summed E-state index contributed by atoms with van der Waals surface area (Å²) in [6.07, 6.45) is 4.30. The zero-order valence-corrected chi connectivity index (χ0v) is 14.5. The van der Waals surface area contributed by atoms with E-state index in [4.69, 9.17) is 4.74 Å². The van der Waals surface area contributed by atoms with E-state index in [0.29, 0.717) is 17.2 Å². The van der Waals surface area contributed by atoms with Gasteiger partial charge >= 0.3 is 12.0 Å². The quantitative estimate of drug-likeness (QED) is 0.796. The van der Waals surface area contributed by atoms with Gasteiger partial charge < -0.3 is 14.8 Å². The summed E-state index contributed by atoms with van der Waals surface area (Å²) in [5.41, 5.74) is 0.389. The molecule has 0 aliphatic heterocycles. The van der Waals surface area contributed by atoms with Crippen molar-refractivity contribution in [3.8, 4) is 5.75 Å². The lowest BCUT2D eigenvalue weighted by Gasteiger charge is -2.29. The molecule has 1 aliphatic rings. The molecule has 2 rings (SSSR count). The van der Waals surface area contributed by atoms with Crippen molar-refractivity contribution in [1.29, 1.82) is 0 Å². The fourth-order valence-corrected chi connectivity index (χ4v) is 2.85. The fourth-order valence-electron chi connectivity index (χ4n) is 2.85. The normalized spacial score (nSPS) is 19.6. The van der Waals surface area contributed by atoms with Gasteiger partial charge in [0, 0.05) is 6.04 Å². The minimum Gasteiger partial charge on any atom is -0.484 e. The van der Waals surface area contributed by atoms with Crippen LogP contribution in [0, 0.1) is 5.92 Å². The van der Waals surface area contributed by atoms with Crippen molar-refractivity contribution in [1.82, 2.24) is 10.6 Å². The molecule has 2 atom stereocenters. The van der Waals surface area contributed by atoms with Gasteiger partial charge in [-0.15, -0.1) is 0 Å². The number of hydrogen-bond acceptors (Lipinski definition) is 5. The van der Waals surface area contributed by atoms with E-state index in [1.54, 1.807) is 12.1 Å². The van der Waals surface area contributed by atoms with Crippen LogP contribution >= 0.6 is 0 Å². The van der Waals surface area contributed by atoms with Crippen molar-refractivity contribution in [2.75, 3.05) is 13.7 Å². The van der Waals surface area contributed by atoms with Gasteiger partial charge in [-0.25, -0.2) is 9.59 Å². The Bertz CT molecular complexity index is 614. The molecule has 0 saturated heterocycles. The van der Waals surface area contributed by atoms with Gasteiger partial charge in [0.15, 0.2) is 6.61 Å². The molecule has 1 saturated carbocycles. The molecule has 0 unspecified atom stereocenters. The van der Waals surface area contributed by atoms with Crippen molar-refractivity contribution >= 4 is 17.9 Å². The minimum atomic E-state index is -0.530. The fraction of sp³-hybridized carbons (Fsp3) is 0.500. The number of carbonyl (C=O) groups excluding carboxylic acids is 3. The van der Waals surface area contributed by atoms with Crippen LogP contribution in [0.2, 0.25) is 0 Å². The minimum absolute atomic E-state index is 0.105. The predicted octanol–water partition coefficient (Wildman–Crippen LogP) is 2.26. The molecule has 1 aromatic rings. The van der Waals surface area contributed by atoms with Crippen molar-refractivity contribution in [3.63, 3.8) is 0 Å². The number of amides is 3. The smallest absolute Gasteiger partial charge is 0.337 e. The number of hydrogen-bond donors (Lipinski definition) is 2. The third-order valence-electron chi connectivity index (χ3n) is 4.33. The van der Waals surface area contributed by atoms with Gasteiger partial charge in [0.05, 0.1) is 12.7 Å². The van der Waals surface area contributed by atoms with Crippen LogP contribution in [0.15, 0.2) is 24.3 Å². The van der Waals surface area contributed by atoms with Crippen LogP contribution in [0.1, 0.15) is 43.0 Å². The van der Waals surface area contributed by atoms with Crippen molar-refractivity contribution < 1.29 is 23.9 Å². The second-order valence-electron chi connectivity index (χ2n) is 6.19. The average Bonchev–Trinajstić information content (AvgIpc) is 2.61. The van der Waals surface area contributed by atoms with Gasteiger partial charge in [-0.2, -0.15) is 0 Å². The molecule has 0 bridgehead atoms. The zero-order chi connectivity index (χ0) is 18.2. The van der Waals surface area contributed by atoms with Gasteiger partial charge in [-0.1, -0.05) is 19.8 Å². The lowest BCUT2D eigenvalue weighted by molar-refractivity contribution is -0.122. The molecular weight excluding hydrogens is 324 g/mol. The third-order valence-corrected chi connectivity index (χ3v) is 4.33. The number of urea groups is 1. The van der Waals surface area contributed by atoms with Crippen LogP contribution in [0.25, 0.3) is 0 Å². The second kappa shape index (κ2) is 9.05. The van der Waals surface area contributed by atoms with Crippen LogP contribution in [-0.4, -0.2) is 37.7 Å². The van der Waals surface area contributed by atoms with Gasteiger partial charge in [-0.3, -0.25) is 10.1 Å². The Morgan fingerprint density at radius 3 is 2.44 bits per heavy atom. The van der Waals surface area contributed by atoms with Crippen molar-refractivity contribution in [2.24, 2.45) is 5.92 Å². The molecule has 136 valence electrons. The number of carbonyl (C=O) groups is 3. The Balaban J connectivity index is 1.74. The van der Waals surface area contributed by atoms with Gasteiger partial charge in [0.1, 0.15) is 5.75 Å². The Hall–Kier alpha value is -2.57. The first-order valence-electron chi connectivity index (χ1n) is 8.41. The summed E-state index contributed by atoms with van der Waals surface area (Å²) >= 11 is 0. The molecule has 0 spiro atoms. The summed E-state index contributed by atoms with van der Waals surface area (Å²) in [7, 11) is 1.30. The molecule has 0 heterocycles. The molecule has 3 amide bonds. The first-order valence-corrected chi connectivity index (χ1v) is 8.41. The van der Waals surface area contributed by atoms with Crippen LogP contribution in [0.5, 0.6) is 5.75 Å². The van der Waals surface area contributed by atoms with Gasteiger partial charge in [-0.05, 0) is 43.0 Å². The summed E-state index contributed by atoms with van der Waals surface area (Å²) < 4.78 is 9.90. The third kappa shape index (κ3) is 5.77. The number of rotatable bonds is 5. The summed E-state index contributed by atoms with van der Waals surface area (Å²) in [5, 5.41) is 5.11. The van der Waals surface area contributed by atoms with Crippen LogP contribution < -0.4 is 15.4 Å². The topological polar surface area (TPSA) is 93.7 Å². The molecule has 7 nitrogen and oxygen atoms in total. The van der Waals surface area contributed by atoms with Crippen LogP contribution in [-0.2, 0) is 9.53 Å². The Morgan fingerprint density at radius 2 is 1.80 bits per heavy atom. The SMILES string of the molecule is COC(=O)c1ccc(OCC(=O)NC(=O)N[C@@H]2CCCC[C@H]2C)cc1. The van der Waals surface area contributed by atoms with Crippen LogP contribution in [0.3, 0.4) is 0 Å². The number of imide groups is 1. The maximum atomic E-state index is 11.9. The average molecular weight is 348 g/mol. The van der Waals surface area contributed by atoms with E-state index in [2.05, 4.69) is 22.3 Å². The summed E-state index contributed by atoms with van der Waals surface area (Å²) in [4.78, 5) is 35.0. The highest BCUT2D eigenvalue weighted by Gasteiger charge is 2.23. The monoisotopic (exact) mass is 348 g/mol. The Kier molecular flexibility index (Phi) is 6.80. The molecule has 25 heavy (non-hydrogen) atoms. The summed E-state index contributed by atoms with van der Waals surface area (Å²) in [5.74, 6) is -0.140. The number of ether oxygens (including phenoxy) is 2. The largest absolute Gasteiger partial charge is 0.484 e. The molecule has 2 N–H and O–H groups in total.